The number of nitrogens with zero attached hydrogens (tertiary/aromatic N) is 2. The summed E-state index contributed by atoms with van der Waals surface area (Å²) in [5.74, 6) is 2.07. The fraction of sp³-hybridized carbons (Fsp3) is 0.286. The lowest BCUT2D eigenvalue weighted by atomic mass is 10.1. The van der Waals surface area contributed by atoms with Gasteiger partial charge in [-0.2, -0.15) is 27.2 Å². The van der Waals surface area contributed by atoms with Crippen molar-refractivity contribution in [3.05, 3.63) is 48.7 Å². The Hall–Kier alpha value is -1.59. The lowest BCUT2D eigenvalue weighted by molar-refractivity contribution is 0.712. The fourth-order valence-electron chi connectivity index (χ4n) is 1.72. The number of nitrogens with one attached hydrogen (secondary N) is 2. The Labute approximate surface area is 117 Å². The van der Waals surface area contributed by atoms with Crippen LogP contribution in [-0.4, -0.2) is 33.5 Å². The Morgan fingerprint density at radius 2 is 2.11 bits per heavy atom. The van der Waals surface area contributed by atoms with E-state index in [0.29, 0.717) is 0 Å². The molecular formula is C14H18N4S. The monoisotopic (exact) mass is 274 g/mol. The molecule has 0 saturated heterocycles. The van der Waals surface area contributed by atoms with E-state index in [1.807, 2.05) is 48.2 Å². The summed E-state index contributed by atoms with van der Waals surface area (Å²) >= 11 is 1.87. The number of hydrogen-bond donors (Lipinski definition) is 2. The van der Waals surface area contributed by atoms with Crippen molar-refractivity contribution in [1.82, 2.24) is 20.7 Å². The Balaban J connectivity index is 1.85. The average molecular weight is 274 g/mol. The van der Waals surface area contributed by atoms with Gasteiger partial charge >= 0.3 is 0 Å². The molecule has 1 heterocycles. The second-order valence-corrected chi connectivity index (χ2v) is 5.18. The lowest BCUT2D eigenvalue weighted by Crippen LogP contribution is -2.17. The normalized spacial score (nSPS) is 10.5. The number of H-pyrrole nitrogens is 1. The van der Waals surface area contributed by atoms with Crippen LogP contribution in [0, 0.1) is 0 Å². The van der Waals surface area contributed by atoms with E-state index in [9.17, 15) is 0 Å². The molecule has 0 saturated carbocycles. The second-order valence-electron chi connectivity index (χ2n) is 4.03. The summed E-state index contributed by atoms with van der Waals surface area (Å²) in [6.45, 7) is 5.39. The maximum atomic E-state index is 4.22. The van der Waals surface area contributed by atoms with Gasteiger partial charge in [0.1, 0.15) is 11.4 Å². The lowest BCUT2D eigenvalue weighted by Gasteiger charge is -2.03. The Morgan fingerprint density at radius 3 is 2.89 bits per heavy atom. The number of benzene rings is 1. The van der Waals surface area contributed by atoms with Crippen molar-refractivity contribution in [2.75, 3.05) is 18.1 Å². The van der Waals surface area contributed by atoms with Crippen LogP contribution in [-0.2, 0) is 6.54 Å². The molecule has 4 nitrogen and oxygen atoms in total. The van der Waals surface area contributed by atoms with Crippen LogP contribution >= 0.6 is 11.8 Å². The zero-order valence-electron chi connectivity index (χ0n) is 10.8. The number of thioether (sulfide) groups is 1. The minimum Gasteiger partial charge on any atom is -0.310 e. The van der Waals surface area contributed by atoms with Gasteiger partial charge in [-0.15, -0.1) is 6.58 Å². The Kier molecular flexibility index (Phi) is 5.65. The van der Waals surface area contributed by atoms with Crippen LogP contribution in [0.3, 0.4) is 0 Å². The van der Waals surface area contributed by atoms with Crippen molar-refractivity contribution in [2.45, 2.75) is 6.54 Å². The molecule has 0 fully saturated rings. The van der Waals surface area contributed by atoms with E-state index in [-0.39, 0.29) is 0 Å². The minimum absolute atomic E-state index is 0.732. The molecule has 0 radical (unpaired) electrons. The van der Waals surface area contributed by atoms with Crippen molar-refractivity contribution < 1.29 is 0 Å². The van der Waals surface area contributed by atoms with E-state index in [1.165, 1.54) is 0 Å². The molecule has 0 aliphatic carbocycles. The first kappa shape index (κ1) is 13.8. The first-order chi connectivity index (χ1) is 9.42. The molecule has 1 aromatic carbocycles. The zero-order valence-corrected chi connectivity index (χ0v) is 11.6. The maximum absolute atomic E-state index is 4.22. The summed E-state index contributed by atoms with van der Waals surface area (Å²) in [4.78, 5) is 0. The van der Waals surface area contributed by atoms with Gasteiger partial charge in [0.2, 0.25) is 0 Å². The topological polar surface area (TPSA) is 53.6 Å². The van der Waals surface area contributed by atoms with Gasteiger partial charge in [-0.25, -0.2) is 0 Å². The van der Waals surface area contributed by atoms with Crippen LogP contribution in [0.25, 0.3) is 11.3 Å². The molecule has 2 N–H and O–H groups in total. The van der Waals surface area contributed by atoms with E-state index >= 15 is 0 Å². The molecule has 1 aromatic heterocycles. The highest BCUT2D eigenvalue weighted by Crippen LogP contribution is 2.18. The predicted octanol–water partition coefficient (Wildman–Crippen LogP) is 2.48. The highest BCUT2D eigenvalue weighted by molar-refractivity contribution is 7.99. The first-order valence-corrected chi connectivity index (χ1v) is 7.41. The van der Waals surface area contributed by atoms with E-state index < -0.39 is 0 Å². The average Bonchev–Trinajstić information content (AvgIpc) is 2.92. The van der Waals surface area contributed by atoms with E-state index in [1.54, 1.807) is 0 Å². The van der Waals surface area contributed by atoms with Gasteiger partial charge in [0.25, 0.3) is 0 Å². The molecule has 2 aromatic rings. The van der Waals surface area contributed by atoms with Gasteiger partial charge in [-0.1, -0.05) is 36.4 Å². The molecule has 0 bridgehead atoms. The summed E-state index contributed by atoms with van der Waals surface area (Å²) in [6.07, 6.45) is 1.93. The van der Waals surface area contributed by atoms with Gasteiger partial charge < -0.3 is 5.32 Å². The van der Waals surface area contributed by atoms with Gasteiger partial charge in [0, 0.05) is 30.2 Å². The highest BCUT2D eigenvalue weighted by atomic mass is 32.2. The molecule has 100 valence electrons. The predicted molar refractivity (Wildman–Crippen MR) is 81.0 cm³/mol. The van der Waals surface area contributed by atoms with Crippen molar-refractivity contribution in [3.8, 4) is 11.3 Å². The molecular weight excluding hydrogens is 256 g/mol. The molecule has 0 unspecified atom stereocenters. The van der Waals surface area contributed by atoms with E-state index in [2.05, 4.69) is 27.3 Å². The molecule has 5 heteroatoms. The third-order valence-corrected chi connectivity index (χ3v) is 3.58. The summed E-state index contributed by atoms with van der Waals surface area (Å²) < 4.78 is 0. The number of rotatable bonds is 8. The zero-order chi connectivity index (χ0) is 13.3. The van der Waals surface area contributed by atoms with E-state index in [0.717, 1.165) is 41.5 Å². The van der Waals surface area contributed by atoms with Crippen LogP contribution < -0.4 is 5.32 Å². The second kappa shape index (κ2) is 7.76. The molecule has 0 spiro atoms. The Morgan fingerprint density at radius 1 is 1.26 bits per heavy atom. The first-order valence-electron chi connectivity index (χ1n) is 6.26. The van der Waals surface area contributed by atoms with Gasteiger partial charge in [0.05, 0.1) is 0 Å². The van der Waals surface area contributed by atoms with Crippen LogP contribution in [0.1, 0.15) is 5.69 Å². The number of aromatic amines is 1. The molecule has 19 heavy (non-hydrogen) atoms. The van der Waals surface area contributed by atoms with Gasteiger partial charge in [-0.05, 0) is 0 Å². The highest BCUT2D eigenvalue weighted by Gasteiger charge is 2.08. The molecule has 0 aliphatic rings. The molecule has 2 rings (SSSR count). The quantitative estimate of drug-likeness (QED) is 0.573. The standard InChI is InChI=1S/C14H18N4S/c1-2-9-19-10-8-15-11-13-14(17-18-16-13)12-6-4-3-5-7-12/h2-7,15H,1,8-11H2,(H,16,17,18). The largest absolute Gasteiger partial charge is 0.310 e. The van der Waals surface area contributed by atoms with Crippen LogP contribution in [0.5, 0.6) is 0 Å². The summed E-state index contributed by atoms with van der Waals surface area (Å²) in [7, 11) is 0. The van der Waals surface area contributed by atoms with E-state index in [4.69, 9.17) is 0 Å². The van der Waals surface area contributed by atoms with Crippen molar-refractivity contribution >= 4 is 11.8 Å². The SMILES string of the molecule is C=CCSCCNCc1n[nH]nc1-c1ccccc1. The van der Waals surface area contributed by atoms with Crippen molar-refractivity contribution in [2.24, 2.45) is 0 Å². The third kappa shape index (κ3) is 4.22. The number of aromatic nitrogens is 3. The van der Waals surface area contributed by atoms with Crippen molar-refractivity contribution in [3.63, 3.8) is 0 Å². The minimum atomic E-state index is 0.732. The van der Waals surface area contributed by atoms with Crippen LogP contribution in [0.15, 0.2) is 43.0 Å². The smallest absolute Gasteiger partial charge is 0.117 e. The maximum Gasteiger partial charge on any atom is 0.117 e. The molecule has 0 atom stereocenters. The fourth-order valence-corrected chi connectivity index (χ4v) is 2.34. The third-order valence-electron chi connectivity index (χ3n) is 2.62. The summed E-state index contributed by atoms with van der Waals surface area (Å²) in [5, 5.41) is 14.5. The molecule has 0 aliphatic heterocycles. The Bertz CT molecular complexity index is 495. The van der Waals surface area contributed by atoms with Crippen LogP contribution in [0.4, 0.5) is 0 Å². The molecule has 0 amide bonds. The van der Waals surface area contributed by atoms with Gasteiger partial charge in [0.15, 0.2) is 0 Å². The van der Waals surface area contributed by atoms with Crippen molar-refractivity contribution in [1.29, 1.82) is 0 Å². The van der Waals surface area contributed by atoms with Crippen LogP contribution in [0.2, 0.25) is 0 Å². The summed E-state index contributed by atoms with van der Waals surface area (Å²) in [6, 6.07) is 10.1. The number of hydrogen-bond acceptors (Lipinski definition) is 4. The van der Waals surface area contributed by atoms with Gasteiger partial charge in [-0.3, -0.25) is 0 Å². The summed E-state index contributed by atoms with van der Waals surface area (Å²) in [5.41, 5.74) is 2.97.